The summed E-state index contributed by atoms with van der Waals surface area (Å²) in [6.07, 6.45) is 15.7. The fourth-order valence-corrected chi connectivity index (χ4v) is 6.67. The van der Waals surface area contributed by atoms with E-state index >= 15 is 0 Å². The Kier molecular flexibility index (Phi) is 5.86. The molecule has 3 heterocycles. The van der Waals surface area contributed by atoms with Crippen molar-refractivity contribution in [2.45, 2.75) is 94.0 Å². The lowest BCUT2D eigenvalue weighted by Gasteiger charge is -2.33. The summed E-state index contributed by atoms with van der Waals surface area (Å²) in [4.78, 5) is 42.0. The molecule has 7 nitrogen and oxygen atoms in total. The lowest BCUT2D eigenvalue weighted by molar-refractivity contribution is -0.141. The van der Waals surface area contributed by atoms with Crippen LogP contribution in [0.4, 0.5) is 0 Å². The summed E-state index contributed by atoms with van der Waals surface area (Å²) in [6.45, 7) is 4.05. The van der Waals surface area contributed by atoms with E-state index in [-0.39, 0.29) is 36.3 Å². The Morgan fingerprint density at radius 2 is 1.62 bits per heavy atom. The molecule has 4 fully saturated rings. The Balaban J connectivity index is 1.39. The molecule has 5 aliphatic rings. The van der Waals surface area contributed by atoms with Crippen LogP contribution in [0.15, 0.2) is 24.8 Å². The van der Waals surface area contributed by atoms with Crippen molar-refractivity contribution < 1.29 is 19.1 Å². The largest absolute Gasteiger partial charge is 0.359 e. The fourth-order valence-electron chi connectivity index (χ4n) is 6.67. The van der Waals surface area contributed by atoms with Gasteiger partial charge in [0.2, 0.25) is 17.7 Å². The van der Waals surface area contributed by atoms with E-state index in [1.165, 1.54) is 12.8 Å². The van der Waals surface area contributed by atoms with Crippen LogP contribution < -0.4 is 10.6 Å². The maximum atomic E-state index is 13.6. The highest BCUT2D eigenvalue weighted by Gasteiger charge is 2.72. The number of nitrogens with zero attached hydrogens (tertiary/aromatic N) is 1. The number of fused-ring (bicyclic) bond motifs is 1. The molecular weight excluding hydrogens is 406 g/mol. The van der Waals surface area contributed by atoms with Crippen molar-refractivity contribution in [3.05, 3.63) is 24.8 Å². The Hall–Kier alpha value is -2.15. The van der Waals surface area contributed by atoms with Gasteiger partial charge in [-0.2, -0.15) is 0 Å². The van der Waals surface area contributed by atoms with Gasteiger partial charge in [0.05, 0.1) is 17.9 Å². The van der Waals surface area contributed by atoms with Gasteiger partial charge in [0.1, 0.15) is 11.6 Å². The molecule has 2 N–H and O–H groups in total. The van der Waals surface area contributed by atoms with Gasteiger partial charge in [-0.15, -0.1) is 6.58 Å². The first kappa shape index (κ1) is 21.7. The van der Waals surface area contributed by atoms with Crippen LogP contribution in [0.1, 0.15) is 64.2 Å². The number of carbonyl (C=O) groups is 3. The van der Waals surface area contributed by atoms with E-state index in [0.717, 1.165) is 51.4 Å². The number of ether oxygens (including phenoxy) is 1. The highest BCUT2D eigenvalue weighted by molar-refractivity contribution is 6.00. The van der Waals surface area contributed by atoms with Crippen molar-refractivity contribution >= 4 is 17.7 Å². The molecule has 2 aliphatic carbocycles. The normalized spacial score (nSPS) is 36.9. The number of nitrogens with one attached hydrogen (secondary N) is 2. The van der Waals surface area contributed by atoms with Gasteiger partial charge in [-0.25, -0.2) is 0 Å². The first-order valence-corrected chi connectivity index (χ1v) is 12.4. The molecule has 7 heteroatoms. The van der Waals surface area contributed by atoms with Crippen LogP contribution in [-0.4, -0.2) is 59.0 Å². The number of hydrogen-bond acceptors (Lipinski definition) is 4. The van der Waals surface area contributed by atoms with Crippen LogP contribution in [0.2, 0.25) is 0 Å². The third-order valence-corrected chi connectivity index (χ3v) is 8.15. The van der Waals surface area contributed by atoms with Gasteiger partial charge in [0, 0.05) is 18.6 Å². The monoisotopic (exact) mass is 441 g/mol. The maximum Gasteiger partial charge on any atom is 0.246 e. The topological polar surface area (TPSA) is 87.7 Å². The maximum absolute atomic E-state index is 13.6. The molecule has 2 saturated carbocycles. The highest BCUT2D eigenvalue weighted by Crippen LogP contribution is 2.55. The predicted molar refractivity (Wildman–Crippen MR) is 119 cm³/mol. The highest BCUT2D eigenvalue weighted by atomic mass is 16.5. The first-order valence-electron chi connectivity index (χ1n) is 12.4. The molecule has 32 heavy (non-hydrogen) atoms. The minimum Gasteiger partial charge on any atom is -0.359 e. The van der Waals surface area contributed by atoms with Crippen LogP contribution in [0, 0.1) is 11.8 Å². The number of hydrogen-bond donors (Lipinski definition) is 2. The average molecular weight is 442 g/mol. The third kappa shape index (κ3) is 3.49. The number of likely N-dealkylation sites (tertiary alicyclic amines) is 1. The Morgan fingerprint density at radius 1 is 1.03 bits per heavy atom. The van der Waals surface area contributed by atoms with E-state index < -0.39 is 29.6 Å². The zero-order valence-electron chi connectivity index (χ0n) is 18.8. The predicted octanol–water partition coefficient (Wildman–Crippen LogP) is 2.22. The van der Waals surface area contributed by atoms with Crippen LogP contribution in [0.25, 0.3) is 0 Å². The molecule has 5 atom stereocenters. The SMILES string of the molecule is C=CCN1C(=O)[C@H]2[C@@H](C(=O)NC3CCCCC3)[C@H]3C=C[C@]2(O3)[C@@H]1C(=O)NC1CCCCC1. The molecule has 2 saturated heterocycles. The van der Waals surface area contributed by atoms with Crippen molar-refractivity contribution in [2.75, 3.05) is 6.54 Å². The van der Waals surface area contributed by atoms with Crippen LogP contribution in [0.5, 0.6) is 0 Å². The van der Waals surface area contributed by atoms with E-state index in [2.05, 4.69) is 17.2 Å². The molecule has 0 aromatic rings. The summed E-state index contributed by atoms with van der Waals surface area (Å²) in [5.74, 6) is -1.71. The van der Waals surface area contributed by atoms with Gasteiger partial charge in [-0.05, 0) is 25.7 Å². The van der Waals surface area contributed by atoms with Crippen LogP contribution in [0.3, 0.4) is 0 Å². The molecule has 5 rings (SSSR count). The summed E-state index contributed by atoms with van der Waals surface area (Å²) in [5, 5.41) is 6.38. The van der Waals surface area contributed by atoms with Gasteiger partial charge in [-0.1, -0.05) is 56.8 Å². The van der Waals surface area contributed by atoms with Crippen molar-refractivity contribution in [1.82, 2.24) is 15.5 Å². The number of carbonyl (C=O) groups excluding carboxylic acids is 3. The van der Waals surface area contributed by atoms with Gasteiger partial charge in [0.15, 0.2) is 0 Å². The fraction of sp³-hybridized carbons (Fsp3) is 0.720. The van der Waals surface area contributed by atoms with E-state index in [1.54, 1.807) is 11.0 Å². The molecule has 0 radical (unpaired) electrons. The molecule has 2 bridgehead atoms. The van der Waals surface area contributed by atoms with Crippen molar-refractivity contribution in [1.29, 1.82) is 0 Å². The van der Waals surface area contributed by atoms with Crippen LogP contribution >= 0.6 is 0 Å². The van der Waals surface area contributed by atoms with Gasteiger partial charge >= 0.3 is 0 Å². The second-order valence-electron chi connectivity index (χ2n) is 10.2. The third-order valence-electron chi connectivity index (χ3n) is 8.15. The summed E-state index contributed by atoms with van der Waals surface area (Å²) >= 11 is 0. The smallest absolute Gasteiger partial charge is 0.246 e. The average Bonchev–Trinajstić information content (AvgIpc) is 3.43. The molecule has 0 aromatic heterocycles. The minimum atomic E-state index is -1.07. The molecule has 3 amide bonds. The lowest BCUT2D eigenvalue weighted by atomic mass is 9.74. The van der Waals surface area contributed by atoms with Gasteiger partial charge < -0.3 is 20.3 Å². The molecular formula is C25H35N3O4. The summed E-state index contributed by atoms with van der Waals surface area (Å²) in [7, 11) is 0. The molecule has 0 unspecified atom stereocenters. The zero-order chi connectivity index (χ0) is 22.3. The standard InChI is InChI=1S/C25H35N3O4/c1-2-15-28-21(23(30)27-17-11-7-4-8-12-17)25-14-13-18(32-25)19(20(25)24(28)31)22(29)26-16-9-5-3-6-10-16/h2,13-14,16-21H,1,3-12,15H2,(H,26,29)(H,27,30)/t18-,19+,20-,21+,25-/m1/s1. The Bertz CT molecular complexity index is 814. The quantitative estimate of drug-likeness (QED) is 0.619. The van der Waals surface area contributed by atoms with E-state index in [0.29, 0.717) is 0 Å². The zero-order valence-corrected chi connectivity index (χ0v) is 18.8. The van der Waals surface area contributed by atoms with Crippen molar-refractivity contribution in [2.24, 2.45) is 11.8 Å². The van der Waals surface area contributed by atoms with E-state index in [1.807, 2.05) is 12.2 Å². The summed E-state index contributed by atoms with van der Waals surface area (Å²) < 4.78 is 6.35. The van der Waals surface area contributed by atoms with E-state index in [4.69, 9.17) is 4.74 Å². The summed E-state index contributed by atoms with van der Waals surface area (Å²) in [5.41, 5.74) is -1.07. The van der Waals surface area contributed by atoms with Gasteiger partial charge in [-0.3, -0.25) is 14.4 Å². The second-order valence-corrected chi connectivity index (χ2v) is 10.2. The molecule has 0 aromatic carbocycles. The van der Waals surface area contributed by atoms with E-state index in [9.17, 15) is 14.4 Å². The second kappa shape index (κ2) is 8.65. The number of amides is 3. The van der Waals surface area contributed by atoms with Crippen molar-refractivity contribution in [3.8, 4) is 0 Å². The first-order chi connectivity index (χ1) is 15.5. The lowest BCUT2D eigenvalue weighted by Crippen LogP contribution is -2.56. The molecule has 3 aliphatic heterocycles. The molecule has 1 spiro atoms. The summed E-state index contributed by atoms with van der Waals surface area (Å²) in [6, 6.07) is -0.462. The minimum absolute atomic E-state index is 0.113. The molecule has 174 valence electrons. The Morgan fingerprint density at radius 3 is 2.22 bits per heavy atom. The van der Waals surface area contributed by atoms with Gasteiger partial charge in [0.25, 0.3) is 0 Å². The Labute approximate surface area is 190 Å². The number of rotatable bonds is 6. The van der Waals surface area contributed by atoms with Crippen molar-refractivity contribution in [3.63, 3.8) is 0 Å². The van der Waals surface area contributed by atoms with Crippen LogP contribution in [-0.2, 0) is 19.1 Å².